The van der Waals surface area contributed by atoms with E-state index in [9.17, 15) is 9.59 Å². The number of nitrogens with one attached hydrogen (secondary N) is 1. The van der Waals surface area contributed by atoms with Gasteiger partial charge < -0.3 is 19.2 Å². The highest BCUT2D eigenvalue weighted by Gasteiger charge is 2.26. The van der Waals surface area contributed by atoms with Gasteiger partial charge in [-0.1, -0.05) is 23.4 Å². The van der Waals surface area contributed by atoms with E-state index in [1.54, 1.807) is 12.1 Å². The number of amides is 2. The predicted molar refractivity (Wildman–Crippen MR) is 103 cm³/mol. The third kappa shape index (κ3) is 4.08. The van der Waals surface area contributed by atoms with Crippen LogP contribution in [0.5, 0.6) is 0 Å². The van der Waals surface area contributed by atoms with Crippen LogP contribution in [-0.2, 0) is 11.2 Å². The van der Waals surface area contributed by atoms with Gasteiger partial charge in [0.1, 0.15) is 11.3 Å². The third-order valence-electron chi connectivity index (χ3n) is 5.14. The number of fused-ring (bicyclic) bond motifs is 1. The molecule has 1 aliphatic rings. The molecule has 0 bridgehead atoms. The normalized spacial score (nSPS) is 15.1. The second-order valence-corrected chi connectivity index (χ2v) is 7.30. The van der Waals surface area contributed by atoms with Gasteiger partial charge >= 0.3 is 0 Å². The minimum atomic E-state index is -0.0723. The first-order chi connectivity index (χ1) is 13.6. The van der Waals surface area contributed by atoms with Gasteiger partial charge in [0.2, 0.25) is 5.91 Å². The molecule has 1 N–H and O–H groups in total. The summed E-state index contributed by atoms with van der Waals surface area (Å²) in [6.07, 6.45) is 1.91. The number of aromatic nitrogens is 1. The van der Waals surface area contributed by atoms with Gasteiger partial charge in [0, 0.05) is 31.1 Å². The number of rotatable bonds is 5. The van der Waals surface area contributed by atoms with Crippen molar-refractivity contribution in [2.75, 3.05) is 19.6 Å². The number of piperidine rings is 1. The van der Waals surface area contributed by atoms with Crippen LogP contribution in [-0.4, -0.2) is 41.5 Å². The van der Waals surface area contributed by atoms with Crippen molar-refractivity contribution in [3.63, 3.8) is 0 Å². The lowest BCUT2D eigenvalue weighted by atomic mass is 9.96. The van der Waals surface area contributed by atoms with Crippen molar-refractivity contribution in [2.45, 2.75) is 26.2 Å². The molecule has 146 valence electrons. The Bertz CT molecular complexity index is 949. The van der Waals surface area contributed by atoms with Crippen LogP contribution in [0.4, 0.5) is 0 Å². The topological polar surface area (TPSA) is 88.6 Å². The Morgan fingerprint density at radius 2 is 2.00 bits per heavy atom. The number of carbonyl (C=O) groups excluding carboxylic acids is 2. The minimum Gasteiger partial charge on any atom is -0.451 e. The second kappa shape index (κ2) is 7.88. The monoisotopic (exact) mass is 381 g/mol. The Hall–Kier alpha value is -3.09. The summed E-state index contributed by atoms with van der Waals surface area (Å²) in [6.45, 7) is 3.76. The van der Waals surface area contributed by atoms with Crippen molar-refractivity contribution in [3.8, 4) is 0 Å². The van der Waals surface area contributed by atoms with Crippen molar-refractivity contribution in [3.05, 3.63) is 53.6 Å². The Morgan fingerprint density at radius 3 is 2.71 bits per heavy atom. The number of carbonyl (C=O) groups is 2. The van der Waals surface area contributed by atoms with Crippen molar-refractivity contribution in [1.82, 2.24) is 15.4 Å². The van der Waals surface area contributed by atoms with Crippen LogP contribution in [0.3, 0.4) is 0 Å². The molecule has 0 aliphatic carbocycles. The first-order valence-electron chi connectivity index (χ1n) is 9.55. The standard InChI is InChI=1S/C21H23N3O4/c1-14-10-17(28-23-14)12-20(25)22-13-15-6-8-24(9-7-15)21(26)19-11-16-4-2-3-5-18(16)27-19/h2-5,10-11,15H,6-9,12-13H2,1H3,(H,22,25). The molecule has 1 aliphatic heterocycles. The summed E-state index contributed by atoms with van der Waals surface area (Å²) in [5, 5.41) is 7.67. The summed E-state index contributed by atoms with van der Waals surface area (Å²) in [5.41, 5.74) is 1.50. The molecule has 1 aromatic carbocycles. The molecular weight excluding hydrogens is 358 g/mol. The van der Waals surface area contributed by atoms with Crippen LogP contribution in [0.2, 0.25) is 0 Å². The number of hydrogen-bond acceptors (Lipinski definition) is 5. The van der Waals surface area contributed by atoms with Crippen molar-refractivity contribution in [2.24, 2.45) is 5.92 Å². The lowest BCUT2D eigenvalue weighted by Crippen LogP contribution is -2.41. The lowest BCUT2D eigenvalue weighted by molar-refractivity contribution is -0.121. The molecule has 3 aromatic rings. The van der Waals surface area contributed by atoms with E-state index >= 15 is 0 Å². The average molecular weight is 381 g/mol. The van der Waals surface area contributed by atoms with E-state index in [0.717, 1.165) is 29.5 Å². The second-order valence-electron chi connectivity index (χ2n) is 7.30. The molecule has 7 heteroatoms. The predicted octanol–water partition coefficient (Wildman–Crippen LogP) is 2.94. The zero-order valence-electron chi connectivity index (χ0n) is 15.8. The van der Waals surface area contributed by atoms with Crippen LogP contribution in [0.1, 0.15) is 34.9 Å². The first kappa shape index (κ1) is 18.3. The Kier molecular flexibility index (Phi) is 5.14. The quantitative estimate of drug-likeness (QED) is 0.734. The SMILES string of the molecule is Cc1cc(CC(=O)NCC2CCN(C(=O)c3cc4ccccc4o3)CC2)on1. The Labute approximate surface area is 162 Å². The van der Waals surface area contributed by atoms with Gasteiger partial charge in [0.15, 0.2) is 5.76 Å². The third-order valence-corrected chi connectivity index (χ3v) is 5.14. The van der Waals surface area contributed by atoms with E-state index in [0.29, 0.717) is 37.1 Å². The van der Waals surface area contributed by atoms with Crippen molar-refractivity contribution >= 4 is 22.8 Å². The van der Waals surface area contributed by atoms with Gasteiger partial charge in [0.05, 0.1) is 12.1 Å². The molecule has 3 heterocycles. The summed E-state index contributed by atoms with van der Waals surface area (Å²) in [5.74, 6) is 1.17. The number of benzene rings is 1. The highest BCUT2D eigenvalue weighted by molar-refractivity contribution is 5.96. The molecule has 4 rings (SSSR count). The number of aryl methyl sites for hydroxylation is 1. The van der Waals surface area contributed by atoms with Crippen molar-refractivity contribution in [1.29, 1.82) is 0 Å². The van der Waals surface area contributed by atoms with E-state index in [-0.39, 0.29) is 18.2 Å². The summed E-state index contributed by atoms with van der Waals surface area (Å²) in [6, 6.07) is 11.2. The van der Waals surface area contributed by atoms with E-state index < -0.39 is 0 Å². The zero-order chi connectivity index (χ0) is 19.5. The van der Waals surface area contributed by atoms with Gasteiger partial charge in [-0.2, -0.15) is 0 Å². The lowest BCUT2D eigenvalue weighted by Gasteiger charge is -2.31. The molecule has 0 atom stereocenters. The number of para-hydroxylation sites is 1. The van der Waals surface area contributed by atoms with E-state index in [2.05, 4.69) is 10.5 Å². The highest BCUT2D eigenvalue weighted by atomic mass is 16.5. The van der Waals surface area contributed by atoms with Crippen LogP contribution < -0.4 is 5.32 Å². The molecule has 1 fully saturated rings. The van der Waals surface area contributed by atoms with Crippen LogP contribution >= 0.6 is 0 Å². The van der Waals surface area contributed by atoms with Gasteiger partial charge in [-0.25, -0.2) is 0 Å². The highest BCUT2D eigenvalue weighted by Crippen LogP contribution is 2.23. The Balaban J connectivity index is 1.25. The fourth-order valence-electron chi connectivity index (χ4n) is 3.56. The summed E-state index contributed by atoms with van der Waals surface area (Å²) >= 11 is 0. The molecule has 1 saturated heterocycles. The minimum absolute atomic E-state index is 0.0700. The van der Waals surface area contributed by atoms with Crippen LogP contribution in [0.15, 0.2) is 45.3 Å². The zero-order valence-corrected chi connectivity index (χ0v) is 15.8. The molecular formula is C21H23N3O4. The first-order valence-corrected chi connectivity index (χ1v) is 9.55. The molecule has 0 saturated carbocycles. The van der Waals surface area contributed by atoms with Crippen LogP contribution in [0.25, 0.3) is 11.0 Å². The maximum Gasteiger partial charge on any atom is 0.289 e. The molecule has 0 spiro atoms. The van der Waals surface area contributed by atoms with E-state index in [1.807, 2.05) is 36.1 Å². The fraction of sp³-hybridized carbons (Fsp3) is 0.381. The maximum atomic E-state index is 12.7. The van der Waals surface area contributed by atoms with Crippen LogP contribution in [0, 0.1) is 12.8 Å². The van der Waals surface area contributed by atoms with E-state index in [1.165, 1.54) is 0 Å². The summed E-state index contributed by atoms with van der Waals surface area (Å²) in [4.78, 5) is 26.6. The Morgan fingerprint density at radius 1 is 1.21 bits per heavy atom. The maximum absolute atomic E-state index is 12.7. The molecule has 0 radical (unpaired) electrons. The number of likely N-dealkylation sites (tertiary alicyclic amines) is 1. The number of hydrogen-bond donors (Lipinski definition) is 1. The molecule has 28 heavy (non-hydrogen) atoms. The number of furan rings is 1. The van der Waals surface area contributed by atoms with Gasteiger partial charge in [-0.3, -0.25) is 9.59 Å². The van der Waals surface area contributed by atoms with Gasteiger partial charge in [0.25, 0.3) is 5.91 Å². The fourth-order valence-corrected chi connectivity index (χ4v) is 3.56. The van der Waals surface area contributed by atoms with Gasteiger partial charge in [-0.05, 0) is 37.8 Å². The van der Waals surface area contributed by atoms with Crippen molar-refractivity contribution < 1.29 is 18.5 Å². The smallest absolute Gasteiger partial charge is 0.289 e. The molecule has 2 aromatic heterocycles. The molecule has 7 nitrogen and oxygen atoms in total. The molecule has 2 amide bonds. The summed E-state index contributed by atoms with van der Waals surface area (Å²) < 4.78 is 10.8. The summed E-state index contributed by atoms with van der Waals surface area (Å²) in [7, 11) is 0. The van der Waals surface area contributed by atoms with Gasteiger partial charge in [-0.15, -0.1) is 0 Å². The largest absolute Gasteiger partial charge is 0.451 e. The molecule has 0 unspecified atom stereocenters. The number of nitrogens with zero attached hydrogens (tertiary/aromatic N) is 2. The van der Waals surface area contributed by atoms with E-state index in [4.69, 9.17) is 8.94 Å². The average Bonchev–Trinajstić information content (AvgIpc) is 3.32.